The fourth-order valence-corrected chi connectivity index (χ4v) is 4.04. The van der Waals surface area contributed by atoms with E-state index in [0.29, 0.717) is 19.3 Å². The van der Waals surface area contributed by atoms with E-state index in [1.54, 1.807) is 12.1 Å². The summed E-state index contributed by atoms with van der Waals surface area (Å²) in [6, 6.07) is 7.41. The van der Waals surface area contributed by atoms with Gasteiger partial charge in [0.15, 0.2) is 0 Å². The molecule has 2 rings (SSSR count). The van der Waals surface area contributed by atoms with E-state index in [1.165, 1.54) is 12.1 Å². The maximum atomic E-state index is 12.3. The Morgan fingerprint density at radius 2 is 2.05 bits per heavy atom. The van der Waals surface area contributed by atoms with Gasteiger partial charge in [-0.25, -0.2) is 13.1 Å². The van der Waals surface area contributed by atoms with Gasteiger partial charge in [-0.05, 0) is 31.4 Å². The van der Waals surface area contributed by atoms with Crippen LogP contribution in [0.1, 0.15) is 31.2 Å². The minimum atomic E-state index is -3.82. The number of carbonyl (C=O) groups is 1. The monoisotopic (exact) mass is 308 g/mol. The van der Waals surface area contributed by atoms with E-state index in [9.17, 15) is 13.2 Å². The highest BCUT2D eigenvalue weighted by Crippen LogP contribution is 2.26. The number of aliphatic carboxylic acids is 1. The van der Waals surface area contributed by atoms with Crippen LogP contribution in [0.5, 0.6) is 0 Å². The fraction of sp³-hybridized carbons (Fsp3) is 0.429. The second-order valence-electron chi connectivity index (χ2n) is 5.13. The highest BCUT2D eigenvalue weighted by molar-refractivity contribution is 7.89. The van der Waals surface area contributed by atoms with Gasteiger partial charge in [0, 0.05) is 6.04 Å². The van der Waals surface area contributed by atoms with Gasteiger partial charge in [0.05, 0.1) is 16.4 Å². The van der Waals surface area contributed by atoms with Crippen LogP contribution in [0.25, 0.3) is 0 Å². The van der Waals surface area contributed by atoms with Gasteiger partial charge in [-0.15, -0.1) is 0 Å². The van der Waals surface area contributed by atoms with Crippen LogP contribution in [0.3, 0.4) is 0 Å². The fourth-order valence-electron chi connectivity index (χ4n) is 2.60. The third-order valence-electron chi connectivity index (χ3n) is 3.64. The number of rotatable bonds is 4. The van der Waals surface area contributed by atoms with Crippen LogP contribution < -0.4 is 4.72 Å². The molecule has 1 aromatic carbocycles. The molecule has 1 aliphatic rings. The van der Waals surface area contributed by atoms with Crippen molar-refractivity contribution in [3.8, 4) is 6.07 Å². The molecular weight excluding hydrogens is 292 g/mol. The van der Waals surface area contributed by atoms with E-state index in [-0.39, 0.29) is 16.9 Å². The number of hydrogen-bond donors (Lipinski definition) is 2. The highest BCUT2D eigenvalue weighted by atomic mass is 32.2. The molecule has 1 aliphatic carbocycles. The Morgan fingerprint density at radius 1 is 1.33 bits per heavy atom. The van der Waals surface area contributed by atoms with Gasteiger partial charge in [-0.3, -0.25) is 4.79 Å². The summed E-state index contributed by atoms with van der Waals surface area (Å²) in [4.78, 5) is 11.0. The molecule has 0 aromatic heterocycles. The average Bonchev–Trinajstić information content (AvgIpc) is 2.47. The molecule has 0 aliphatic heterocycles. The summed E-state index contributed by atoms with van der Waals surface area (Å²) >= 11 is 0. The SMILES string of the molecule is N#Cc1ccccc1S(=O)(=O)NC1CCCC(C(=O)O)C1. The van der Waals surface area contributed by atoms with Crippen LogP contribution in [0, 0.1) is 17.2 Å². The van der Waals surface area contributed by atoms with Crippen molar-refractivity contribution in [1.29, 1.82) is 5.26 Å². The first kappa shape index (κ1) is 15.5. The lowest BCUT2D eigenvalue weighted by Gasteiger charge is -2.27. The predicted molar refractivity (Wildman–Crippen MR) is 74.9 cm³/mol. The minimum Gasteiger partial charge on any atom is -0.481 e. The maximum Gasteiger partial charge on any atom is 0.306 e. The number of hydrogen-bond acceptors (Lipinski definition) is 4. The Hall–Kier alpha value is -1.91. The van der Waals surface area contributed by atoms with Gasteiger partial charge >= 0.3 is 5.97 Å². The molecule has 0 amide bonds. The van der Waals surface area contributed by atoms with Gasteiger partial charge in [0.2, 0.25) is 10.0 Å². The summed E-state index contributed by atoms with van der Waals surface area (Å²) in [6.45, 7) is 0. The van der Waals surface area contributed by atoms with Gasteiger partial charge < -0.3 is 5.11 Å². The summed E-state index contributed by atoms with van der Waals surface area (Å²) in [6.07, 6.45) is 2.13. The van der Waals surface area contributed by atoms with Crippen molar-refractivity contribution in [2.24, 2.45) is 5.92 Å². The molecular formula is C14H16N2O4S. The van der Waals surface area contributed by atoms with E-state index in [4.69, 9.17) is 10.4 Å². The van der Waals surface area contributed by atoms with Crippen molar-refractivity contribution < 1.29 is 18.3 Å². The smallest absolute Gasteiger partial charge is 0.306 e. The van der Waals surface area contributed by atoms with Crippen LogP contribution in [-0.2, 0) is 14.8 Å². The number of nitrogens with one attached hydrogen (secondary N) is 1. The number of nitriles is 1. The topological polar surface area (TPSA) is 107 Å². The molecule has 0 bridgehead atoms. The standard InChI is InChI=1S/C14H16N2O4S/c15-9-11-4-1-2-7-13(11)21(19,20)16-12-6-3-5-10(8-12)14(17)18/h1-2,4,7,10,12,16H,3,5-6,8H2,(H,17,18). The zero-order valence-corrected chi connectivity index (χ0v) is 12.1. The molecule has 21 heavy (non-hydrogen) atoms. The predicted octanol–water partition coefficient (Wildman–Crippen LogP) is 1.48. The first-order chi connectivity index (χ1) is 9.94. The average molecular weight is 308 g/mol. The second kappa shape index (κ2) is 6.24. The van der Waals surface area contributed by atoms with E-state index in [1.807, 2.05) is 6.07 Å². The first-order valence-corrected chi connectivity index (χ1v) is 8.16. The quantitative estimate of drug-likeness (QED) is 0.876. The van der Waals surface area contributed by atoms with Crippen molar-refractivity contribution in [1.82, 2.24) is 4.72 Å². The number of nitrogens with zero attached hydrogens (tertiary/aromatic N) is 1. The molecule has 1 fully saturated rings. The number of sulfonamides is 1. The van der Waals surface area contributed by atoms with Crippen molar-refractivity contribution in [3.63, 3.8) is 0 Å². The third-order valence-corrected chi connectivity index (χ3v) is 5.22. The van der Waals surface area contributed by atoms with Crippen molar-refractivity contribution in [2.45, 2.75) is 36.6 Å². The molecule has 0 saturated heterocycles. The summed E-state index contributed by atoms with van der Waals surface area (Å²) in [5.74, 6) is -1.41. The lowest BCUT2D eigenvalue weighted by Crippen LogP contribution is -2.40. The van der Waals surface area contributed by atoms with Gasteiger partial charge in [-0.2, -0.15) is 5.26 Å². The molecule has 1 aromatic rings. The van der Waals surface area contributed by atoms with Crippen LogP contribution in [-0.4, -0.2) is 25.5 Å². The molecule has 2 N–H and O–H groups in total. The molecule has 0 heterocycles. The van der Waals surface area contributed by atoms with Crippen molar-refractivity contribution >= 4 is 16.0 Å². The van der Waals surface area contributed by atoms with Gasteiger partial charge in [0.1, 0.15) is 6.07 Å². The Bertz CT molecular complexity index is 678. The summed E-state index contributed by atoms with van der Waals surface area (Å²) in [7, 11) is -3.82. The molecule has 0 spiro atoms. The Morgan fingerprint density at radius 3 is 2.71 bits per heavy atom. The maximum absolute atomic E-state index is 12.3. The van der Waals surface area contributed by atoms with E-state index < -0.39 is 28.0 Å². The normalized spacial score (nSPS) is 22.4. The zero-order chi connectivity index (χ0) is 15.5. The Kier molecular flexibility index (Phi) is 4.60. The zero-order valence-electron chi connectivity index (χ0n) is 11.3. The molecule has 7 heteroatoms. The van der Waals surface area contributed by atoms with E-state index in [0.717, 1.165) is 0 Å². The molecule has 112 valence electrons. The molecule has 0 radical (unpaired) electrons. The minimum absolute atomic E-state index is 0.0649. The number of benzene rings is 1. The third kappa shape index (κ3) is 3.60. The molecule has 2 unspecified atom stereocenters. The van der Waals surface area contributed by atoms with Gasteiger partial charge in [0.25, 0.3) is 0 Å². The van der Waals surface area contributed by atoms with Crippen LogP contribution in [0.4, 0.5) is 0 Å². The first-order valence-electron chi connectivity index (χ1n) is 6.68. The summed E-state index contributed by atoms with van der Waals surface area (Å²) in [5, 5.41) is 18.0. The van der Waals surface area contributed by atoms with Crippen LogP contribution in [0.2, 0.25) is 0 Å². The largest absolute Gasteiger partial charge is 0.481 e. The Balaban J connectivity index is 2.18. The lowest BCUT2D eigenvalue weighted by atomic mass is 9.86. The van der Waals surface area contributed by atoms with E-state index >= 15 is 0 Å². The van der Waals surface area contributed by atoms with Crippen molar-refractivity contribution in [3.05, 3.63) is 29.8 Å². The molecule has 6 nitrogen and oxygen atoms in total. The van der Waals surface area contributed by atoms with Crippen LogP contribution in [0.15, 0.2) is 29.2 Å². The summed E-state index contributed by atoms with van der Waals surface area (Å²) < 4.78 is 27.2. The number of carboxylic acids is 1. The van der Waals surface area contributed by atoms with Crippen LogP contribution >= 0.6 is 0 Å². The molecule has 1 saturated carbocycles. The highest BCUT2D eigenvalue weighted by Gasteiger charge is 2.30. The Labute approximate surface area is 123 Å². The van der Waals surface area contributed by atoms with Gasteiger partial charge in [-0.1, -0.05) is 18.6 Å². The van der Waals surface area contributed by atoms with E-state index in [2.05, 4.69) is 4.72 Å². The summed E-state index contributed by atoms with van der Waals surface area (Å²) in [5.41, 5.74) is 0.0793. The number of carboxylic acid groups (broad SMARTS) is 1. The second-order valence-corrected chi connectivity index (χ2v) is 6.81. The molecule has 2 atom stereocenters. The van der Waals surface area contributed by atoms with Crippen molar-refractivity contribution in [2.75, 3.05) is 0 Å². The lowest BCUT2D eigenvalue weighted by molar-refractivity contribution is -0.143.